The molecule has 1 aromatic carbocycles. The fourth-order valence-electron chi connectivity index (χ4n) is 1.38. The fraction of sp³-hybridized carbons (Fsp3) is 0.333. The van der Waals surface area contributed by atoms with Gasteiger partial charge in [0.05, 0.1) is 5.69 Å². The lowest BCUT2D eigenvalue weighted by molar-refractivity contribution is 0.588. The van der Waals surface area contributed by atoms with Crippen LogP contribution in [-0.4, -0.2) is 22.0 Å². The molecule has 0 amide bonds. The molecule has 0 atom stereocenters. The molecular formula is C12H19N3O2S. The number of allylic oxidation sites excluding steroid dienone is 1. The minimum Gasteiger partial charge on any atom is -0.399 e. The van der Waals surface area contributed by atoms with Crippen molar-refractivity contribution in [3.63, 3.8) is 0 Å². The first kappa shape index (κ1) is 14.5. The zero-order chi connectivity index (χ0) is 13.8. The van der Waals surface area contributed by atoms with Crippen molar-refractivity contribution in [2.75, 3.05) is 24.6 Å². The van der Waals surface area contributed by atoms with Crippen molar-refractivity contribution < 1.29 is 8.42 Å². The van der Waals surface area contributed by atoms with E-state index >= 15 is 0 Å². The van der Waals surface area contributed by atoms with Crippen molar-refractivity contribution in [3.05, 3.63) is 29.8 Å². The van der Waals surface area contributed by atoms with Gasteiger partial charge in [0.15, 0.2) is 0 Å². The number of nitrogens with two attached hydrogens (primary N) is 1. The van der Waals surface area contributed by atoms with Gasteiger partial charge in [-0.2, -0.15) is 0 Å². The van der Waals surface area contributed by atoms with E-state index in [4.69, 9.17) is 5.73 Å². The molecule has 18 heavy (non-hydrogen) atoms. The third kappa shape index (κ3) is 3.75. The zero-order valence-electron chi connectivity index (χ0n) is 10.8. The topological polar surface area (TPSA) is 84.2 Å². The van der Waals surface area contributed by atoms with E-state index < -0.39 is 10.0 Å². The Kier molecular flexibility index (Phi) is 4.75. The molecule has 0 unspecified atom stereocenters. The lowest BCUT2D eigenvalue weighted by Crippen LogP contribution is -2.20. The van der Waals surface area contributed by atoms with Gasteiger partial charge in [-0.05, 0) is 39.1 Å². The number of sulfonamides is 1. The molecule has 4 N–H and O–H groups in total. The predicted octanol–water partition coefficient (Wildman–Crippen LogP) is 1.55. The summed E-state index contributed by atoms with van der Waals surface area (Å²) in [6.45, 7) is 4.53. The highest BCUT2D eigenvalue weighted by Gasteiger charge is 2.16. The van der Waals surface area contributed by atoms with Crippen LogP contribution in [0.3, 0.4) is 0 Å². The molecule has 0 aliphatic rings. The Morgan fingerprint density at radius 2 is 2.06 bits per heavy atom. The van der Waals surface area contributed by atoms with E-state index in [-0.39, 0.29) is 4.90 Å². The zero-order valence-corrected chi connectivity index (χ0v) is 11.6. The Balaban J connectivity index is 3.09. The van der Waals surface area contributed by atoms with Gasteiger partial charge in [0.25, 0.3) is 0 Å². The van der Waals surface area contributed by atoms with Crippen LogP contribution in [0.15, 0.2) is 34.7 Å². The Labute approximate surface area is 108 Å². The maximum absolute atomic E-state index is 11.8. The second-order valence-corrected chi connectivity index (χ2v) is 5.98. The van der Waals surface area contributed by atoms with Crippen LogP contribution in [0, 0.1) is 0 Å². The fourth-order valence-corrected chi connectivity index (χ4v) is 2.32. The van der Waals surface area contributed by atoms with E-state index in [9.17, 15) is 8.42 Å². The normalized spacial score (nSPS) is 11.1. The molecule has 0 aliphatic carbocycles. The van der Waals surface area contributed by atoms with E-state index in [1.54, 1.807) is 12.1 Å². The predicted molar refractivity (Wildman–Crippen MR) is 75.0 cm³/mol. The maximum atomic E-state index is 11.8. The van der Waals surface area contributed by atoms with Crippen LogP contribution in [0.1, 0.15) is 13.8 Å². The summed E-state index contributed by atoms with van der Waals surface area (Å²) in [7, 11) is -2.14. The molecule has 0 fully saturated rings. The molecule has 1 rings (SSSR count). The largest absolute Gasteiger partial charge is 0.399 e. The molecule has 0 bridgehead atoms. The molecule has 0 radical (unpaired) electrons. The number of rotatable bonds is 5. The minimum atomic E-state index is -3.52. The SMILES string of the molecule is CNS(=O)(=O)c1cc(N)ccc1NCC=C(C)C. The summed E-state index contributed by atoms with van der Waals surface area (Å²) in [6.07, 6.45) is 1.98. The van der Waals surface area contributed by atoms with Crippen LogP contribution in [-0.2, 0) is 10.0 Å². The average Bonchev–Trinajstić information content (AvgIpc) is 2.30. The molecule has 0 aromatic heterocycles. The van der Waals surface area contributed by atoms with Crippen molar-refractivity contribution >= 4 is 21.4 Å². The summed E-state index contributed by atoms with van der Waals surface area (Å²) in [6, 6.07) is 4.77. The molecule has 0 saturated carbocycles. The number of anilines is 2. The molecule has 1 aromatic rings. The highest BCUT2D eigenvalue weighted by Crippen LogP contribution is 2.23. The van der Waals surface area contributed by atoms with Gasteiger partial charge in [-0.25, -0.2) is 13.1 Å². The summed E-state index contributed by atoms with van der Waals surface area (Å²) in [5.41, 5.74) is 7.74. The van der Waals surface area contributed by atoms with E-state index in [1.165, 1.54) is 13.1 Å². The third-order valence-electron chi connectivity index (χ3n) is 2.37. The van der Waals surface area contributed by atoms with Gasteiger partial charge in [0, 0.05) is 12.2 Å². The summed E-state index contributed by atoms with van der Waals surface area (Å²) < 4.78 is 26.0. The quantitative estimate of drug-likeness (QED) is 0.559. The van der Waals surface area contributed by atoms with Crippen molar-refractivity contribution in [2.24, 2.45) is 0 Å². The van der Waals surface area contributed by atoms with Crippen molar-refractivity contribution in [2.45, 2.75) is 18.7 Å². The second-order valence-electron chi connectivity index (χ2n) is 4.13. The van der Waals surface area contributed by atoms with E-state index in [1.807, 2.05) is 19.9 Å². The Morgan fingerprint density at radius 1 is 1.39 bits per heavy atom. The van der Waals surface area contributed by atoms with Gasteiger partial charge in [-0.3, -0.25) is 0 Å². The first-order chi connectivity index (χ1) is 8.36. The van der Waals surface area contributed by atoms with Gasteiger partial charge in [-0.1, -0.05) is 11.6 Å². The van der Waals surface area contributed by atoms with Crippen molar-refractivity contribution in [3.8, 4) is 0 Å². The van der Waals surface area contributed by atoms with E-state index in [0.29, 0.717) is 17.9 Å². The third-order valence-corrected chi connectivity index (χ3v) is 3.82. The summed E-state index contributed by atoms with van der Waals surface area (Å²) in [5, 5.41) is 3.06. The highest BCUT2D eigenvalue weighted by molar-refractivity contribution is 7.89. The van der Waals surface area contributed by atoms with Crippen LogP contribution in [0.5, 0.6) is 0 Å². The minimum absolute atomic E-state index is 0.159. The van der Waals surface area contributed by atoms with Crippen molar-refractivity contribution in [1.82, 2.24) is 4.72 Å². The maximum Gasteiger partial charge on any atom is 0.242 e. The van der Waals surface area contributed by atoms with Gasteiger partial charge in [0.2, 0.25) is 10.0 Å². The Morgan fingerprint density at radius 3 is 2.61 bits per heavy atom. The Hall–Kier alpha value is -1.53. The number of nitrogens with one attached hydrogen (secondary N) is 2. The number of nitrogen functional groups attached to an aromatic ring is 1. The summed E-state index contributed by atoms with van der Waals surface area (Å²) in [4.78, 5) is 0.159. The van der Waals surface area contributed by atoms with Crippen molar-refractivity contribution in [1.29, 1.82) is 0 Å². The monoisotopic (exact) mass is 269 g/mol. The van der Waals surface area contributed by atoms with Gasteiger partial charge < -0.3 is 11.1 Å². The summed E-state index contributed by atoms with van der Waals surface area (Å²) in [5.74, 6) is 0. The smallest absolute Gasteiger partial charge is 0.242 e. The van der Waals surface area contributed by atoms with Crippen LogP contribution in [0.4, 0.5) is 11.4 Å². The molecule has 0 heterocycles. The number of hydrogen-bond acceptors (Lipinski definition) is 4. The first-order valence-corrected chi connectivity index (χ1v) is 7.05. The number of benzene rings is 1. The molecule has 100 valence electrons. The van der Waals surface area contributed by atoms with Gasteiger partial charge in [0.1, 0.15) is 4.90 Å². The molecule has 6 heteroatoms. The lowest BCUT2D eigenvalue weighted by Gasteiger charge is -2.11. The molecule has 0 spiro atoms. The number of hydrogen-bond donors (Lipinski definition) is 3. The average molecular weight is 269 g/mol. The molecular weight excluding hydrogens is 250 g/mol. The second kappa shape index (κ2) is 5.88. The first-order valence-electron chi connectivity index (χ1n) is 5.57. The highest BCUT2D eigenvalue weighted by atomic mass is 32.2. The standard InChI is InChI=1S/C12H19N3O2S/c1-9(2)6-7-15-11-5-4-10(13)8-12(11)18(16,17)14-3/h4-6,8,14-15H,7,13H2,1-3H3. The summed E-state index contributed by atoms with van der Waals surface area (Å²) >= 11 is 0. The van der Waals surface area contributed by atoms with Gasteiger partial charge >= 0.3 is 0 Å². The van der Waals surface area contributed by atoms with E-state index in [2.05, 4.69) is 10.0 Å². The van der Waals surface area contributed by atoms with Crippen LogP contribution in [0.2, 0.25) is 0 Å². The van der Waals surface area contributed by atoms with Gasteiger partial charge in [-0.15, -0.1) is 0 Å². The molecule has 0 aliphatic heterocycles. The lowest BCUT2D eigenvalue weighted by atomic mass is 10.2. The van der Waals surface area contributed by atoms with E-state index in [0.717, 1.165) is 5.57 Å². The van der Waals surface area contributed by atoms with Crippen LogP contribution < -0.4 is 15.8 Å². The molecule has 5 nitrogen and oxygen atoms in total. The van der Waals surface area contributed by atoms with Crippen LogP contribution >= 0.6 is 0 Å². The van der Waals surface area contributed by atoms with Crippen LogP contribution in [0.25, 0.3) is 0 Å². The Bertz CT molecular complexity index is 546. The molecule has 0 saturated heterocycles.